The van der Waals surface area contributed by atoms with E-state index in [1.807, 2.05) is 13.0 Å². The topological polar surface area (TPSA) is 40.5 Å². The molecule has 12 heavy (non-hydrogen) atoms. The van der Waals surface area contributed by atoms with Gasteiger partial charge in [0, 0.05) is 18.5 Å². The first-order chi connectivity index (χ1) is 5.52. The van der Waals surface area contributed by atoms with Gasteiger partial charge in [-0.3, -0.25) is 0 Å². The molecule has 1 heterocycles. The SMILES string of the molecule is C[C@H]1[C@H](C=C(Br)Br)CN1C(=O)O. The molecule has 1 saturated heterocycles. The minimum absolute atomic E-state index is 0.0904. The van der Waals surface area contributed by atoms with E-state index in [1.54, 1.807) is 0 Å². The molecule has 0 aliphatic carbocycles. The lowest BCUT2D eigenvalue weighted by Crippen LogP contribution is -2.55. The van der Waals surface area contributed by atoms with Crippen LogP contribution in [0.5, 0.6) is 0 Å². The van der Waals surface area contributed by atoms with E-state index < -0.39 is 6.09 Å². The molecule has 0 saturated carbocycles. The highest BCUT2D eigenvalue weighted by Crippen LogP contribution is 2.29. The third-order valence-electron chi connectivity index (χ3n) is 2.10. The Morgan fingerprint density at radius 3 is 2.58 bits per heavy atom. The minimum atomic E-state index is -0.835. The van der Waals surface area contributed by atoms with Gasteiger partial charge in [0.1, 0.15) is 0 Å². The van der Waals surface area contributed by atoms with Crippen LogP contribution in [0.2, 0.25) is 0 Å². The molecule has 0 spiro atoms. The van der Waals surface area contributed by atoms with E-state index in [0.29, 0.717) is 12.5 Å². The van der Waals surface area contributed by atoms with Crippen LogP contribution in [0.3, 0.4) is 0 Å². The number of carbonyl (C=O) groups is 1. The third kappa shape index (κ3) is 2.01. The van der Waals surface area contributed by atoms with Gasteiger partial charge < -0.3 is 10.0 Å². The average Bonchev–Trinajstić information content (AvgIpc) is 1.95. The van der Waals surface area contributed by atoms with Crippen molar-refractivity contribution in [2.24, 2.45) is 5.92 Å². The maximum Gasteiger partial charge on any atom is 0.407 e. The first-order valence-electron chi connectivity index (χ1n) is 3.54. The van der Waals surface area contributed by atoms with Gasteiger partial charge in [0.25, 0.3) is 0 Å². The normalized spacial score (nSPS) is 27.8. The molecule has 0 radical (unpaired) electrons. The largest absolute Gasteiger partial charge is 0.465 e. The highest BCUT2D eigenvalue weighted by Gasteiger charge is 2.37. The highest BCUT2D eigenvalue weighted by atomic mass is 79.9. The Hall–Kier alpha value is -0.0300. The first kappa shape index (κ1) is 10.1. The summed E-state index contributed by atoms with van der Waals surface area (Å²) in [6, 6.07) is 0.0904. The predicted molar refractivity (Wildman–Crippen MR) is 53.6 cm³/mol. The lowest BCUT2D eigenvalue weighted by molar-refractivity contribution is 0.0531. The second-order valence-corrected chi connectivity index (χ2v) is 5.57. The zero-order chi connectivity index (χ0) is 9.30. The van der Waals surface area contributed by atoms with Crippen molar-refractivity contribution < 1.29 is 9.90 Å². The van der Waals surface area contributed by atoms with Crippen molar-refractivity contribution in [1.82, 2.24) is 4.90 Å². The molecule has 0 bridgehead atoms. The summed E-state index contributed by atoms with van der Waals surface area (Å²) in [5, 5.41) is 8.64. The molecule has 5 heteroatoms. The van der Waals surface area contributed by atoms with Crippen molar-refractivity contribution in [3.8, 4) is 0 Å². The fourth-order valence-corrected chi connectivity index (χ4v) is 1.92. The smallest absolute Gasteiger partial charge is 0.407 e. The van der Waals surface area contributed by atoms with Gasteiger partial charge in [-0.2, -0.15) is 0 Å². The van der Waals surface area contributed by atoms with E-state index in [4.69, 9.17) is 5.11 Å². The van der Waals surface area contributed by atoms with Crippen molar-refractivity contribution in [3.05, 3.63) is 9.47 Å². The summed E-state index contributed by atoms with van der Waals surface area (Å²) in [6.45, 7) is 2.50. The van der Waals surface area contributed by atoms with Crippen LogP contribution in [0.1, 0.15) is 6.92 Å². The second-order valence-electron chi connectivity index (χ2n) is 2.80. The average molecular weight is 299 g/mol. The fraction of sp³-hybridized carbons (Fsp3) is 0.571. The second kappa shape index (κ2) is 3.79. The van der Waals surface area contributed by atoms with Gasteiger partial charge >= 0.3 is 6.09 Å². The van der Waals surface area contributed by atoms with E-state index in [-0.39, 0.29) is 6.04 Å². The number of hydrogen-bond acceptors (Lipinski definition) is 1. The van der Waals surface area contributed by atoms with Crippen molar-refractivity contribution in [2.45, 2.75) is 13.0 Å². The van der Waals surface area contributed by atoms with Crippen molar-refractivity contribution in [2.75, 3.05) is 6.54 Å². The van der Waals surface area contributed by atoms with Crippen molar-refractivity contribution >= 4 is 38.0 Å². The molecule has 1 rings (SSSR count). The number of carboxylic acid groups (broad SMARTS) is 1. The van der Waals surface area contributed by atoms with E-state index in [0.717, 1.165) is 3.39 Å². The fourth-order valence-electron chi connectivity index (χ4n) is 1.25. The van der Waals surface area contributed by atoms with Gasteiger partial charge in [0.2, 0.25) is 0 Å². The van der Waals surface area contributed by atoms with Crippen LogP contribution >= 0.6 is 31.9 Å². The van der Waals surface area contributed by atoms with Gasteiger partial charge in [-0.25, -0.2) is 4.79 Å². The summed E-state index contributed by atoms with van der Waals surface area (Å²) >= 11 is 6.49. The van der Waals surface area contributed by atoms with Crippen LogP contribution < -0.4 is 0 Å². The Bertz CT molecular complexity index is 225. The molecular weight excluding hydrogens is 290 g/mol. The molecule has 1 aliphatic heterocycles. The lowest BCUT2D eigenvalue weighted by Gasteiger charge is -2.43. The molecule has 1 amide bonds. The van der Waals surface area contributed by atoms with E-state index >= 15 is 0 Å². The molecule has 0 unspecified atom stereocenters. The summed E-state index contributed by atoms with van der Waals surface area (Å²) in [5.74, 6) is 0.329. The third-order valence-corrected chi connectivity index (χ3v) is 2.63. The number of nitrogens with zero attached hydrogens (tertiary/aromatic N) is 1. The van der Waals surface area contributed by atoms with Crippen molar-refractivity contribution in [1.29, 1.82) is 0 Å². The molecule has 0 aromatic rings. The Labute approximate surface area is 87.7 Å². The predicted octanol–water partition coefficient (Wildman–Crippen LogP) is 2.62. The number of rotatable bonds is 1. The van der Waals surface area contributed by atoms with Crippen molar-refractivity contribution in [3.63, 3.8) is 0 Å². The van der Waals surface area contributed by atoms with Gasteiger partial charge in [-0.15, -0.1) is 0 Å². The Morgan fingerprint density at radius 2 is 2.25 bits per heavy atom. The van der Waals surface area contributed by atoms with E-state index in [2.05, 4.69) is 31.9 Å². The van der Waals surface area contributed by atoms with Gasteiger partial charge in [0.05, 0.1) is 3.39 Å². The van der Waals surface area contributed by atoms with Gasteiger partial charge in [-0.1, -0.05) is 6.08 Å². The molecular formula is C7H9Br2NO2. The molecule has 1 fully saturated rings. The van der Waals surface area contributed by atoms with Crippen LogP contribution in [-0.4, -0.2) is 28.7 Å². The first-order valence-corrected chi connectivity index (χ1v) is 5.13. The van der Waals surface area contributed by atoms with E-state index in [9.17, 15) is 4.79 Å². The number of hydrogen-bond donors (Lipinski definition) is 1. The molecule has 3 nitrogen and oxygen atoms in total. The molecule has 68 valence electrons. The maximum atomic E-state index is 10.5. The summed E-state index contributed by atoms with van der Waals surface area (Å²) in [5.41, 5.74) is 0. The Morgan fingerprint density at radius 1 is 1.67 bits per heavy atom. The summed E-state index contributed by atoms with van der Waals surface area (Å²) in [6.07, 6.45) is 1.14. The number of likely N-dealkylation sites (tertiary alicyclic amines) is 1. The van der Waals surface area contributed by atoms with Crippen LogP contribution in [0.15, 0.2) is 9.47 Å². The molecule has 1 aliphatic rings. The van der Waals surface area contributed by atoms with Gasteiger partial charge in [-0.05, 0) is 38.8 Å². The quantitative estimate of drug-likeness (QED) is 0.808. The zero-order valence-corrected chi connectivity index (χ0v) is 9.67. The molecule has 2 atom stereocenters. The van der Waals surface area contributed by atoms with E-state index in [1.165, 1.54) is 4.90 Å². The Kier molecular flexibility index (Phi) is 3.17. The Balaban J connectivity index is 2.49. The standard InChI is InChI=1S/C7H9Br2NO2/c1-4-5(2-6(8)9)3-10(4)7(11)12/h2,4-5H,3H2,1H3,(H,11,12)/t4-,5+/m0/s1. The molecule has 0 aromatic heterocycles. The van der Waals surface area contributed by atoms with Crippen LogP contribution in [0.25, 0.3) is 0 Å². The highest BCUT2D eigenvalue weighted by molar-refractivity contribution is 9.28. The monoisotopic (exact) mass is 297 g/mol. The summed E-state index contributed by atoms with van der Waals surface area (Å²) in [7, 11) is 0. The lowest BCUT2D eigenvalue weighted by atomic mass is 9.91. The maximum absolute atomic E-state index is 10.5. The summed E-state index contributed by atoms with van der Waals surface area (Å²) < 4.78 is 0.886. The van der Waals surface area contributed by atoms with Gasteiger partial charge in [0.15, 0.2) is 0 Å². The molecule has 1 N–H and O–H groups in total. The number of amides is 1. The van der Waals surface area contributed by atoms with Crippen LogP contribution in [0, 0.1) is 5.92 Å². The molecule has 0 aromatic carbocycles. The summed E-state index contributed by atoms with van der Waals surface area (Å²) in [4.78, 5) is 11.9. The zero-order valence-electron chi connectivity index (χ0n) is 6.50. The minimum Gasteiger partial charge on any atom is -0.465 e. The number of halogens is 2. The van der Waals surface area contributed by atoms with Crippen LogP contribution in [-0.2, 0) is 0 Å². The van der Waals surface area contributed by atoms with Crippen LogP contribution in [0.4, 0.5) is 4.79 Å².